The molecule has 1 heterocycles. The summed E-state index contributed by atoms with van der Waals surface area (Å²) in [7, 11) is 2.22. The summed E-state index contributed by atoms with van der Waals surface area (Å²) < 4.78 is 0. The molecule has 2 N–H and O–H groups in total. The van der Waals surface area contributed by atoms with Gasteiger partial charge in [0, 0.05) is 6.54 Å². The van der Waals surface area contributed by atoms with Crippen molar-refractivity contribution in [1.29, 1.82) is 0 Å². The quantitative estimate of drug-likeness (QED) is 0.825. The maximum Gasteiger partial charge on any atom is 0.0178 e. The van der Waals surface area contributed by atoms with Gasteiger partial charge < -0.3 is 10.6 Å². The molecule has 0 bridgehead atoms. The highest BCUT2D eigenvalue weighted by atomic mass is 15.1. The van der Waals surface area contributed by atoms with E-state index in [4.69, 9.17) is 5.73 Å². The first-order valence-electron chi connectivity index (χ1n) is 6.27. The van der Waals surface area contributed by atoms with E-state index in [1.807, 2.05) is 0 Å². The van der Waals surface area contributed by atoms with Crippen molar-refractivity contribution in [2.45, 2.75) is 31.7 Å². The minimum absolute atomic E-state index is 0.653. The Balaban J connectivity index is 2.10. The van der Waals surface area contributed by atoms with Crippen molar-refractivity contribution in [2.24, 2.45) is 5.73 Å². The summed E-state index contributed by atoms with van der Waals surface area (Å²) in [5.74, 6) is 0.733. The highest BCUT2D eigenvalue weighted by Crippen LogP contribution is 2.28. The minimum atomic E-state index is 0.653. The van der Waals surface area contributed by atoms with Gasteiger partial charge in [-0.3, -0.25) is 0 Å². The SMILES string of the molecule is CN1CCCC(c2cccc(CN)c2)CC1. The molecule has 88 valence electrons. The summed E-state index contributed by atoms with van der Waals surface area (Å²) in [5, 5.41) is 0. The average Bonchev–Trinajstić information content (AvgIpc) is 2.54. The van der Waals surface area contributed by atoms with Gasteiger partial charge >= 0.3 is 0 Å². The molecule has 1 aliphatic rings. The fraction of sp³-hybridized carbons (Fsp3) is 0.571. The van der Waals surface area contributed by atoms with Crippen LogP contribution in [0.4, 0.5) is 0 Å². The molecule has 1 unspecified atom stereocenters. The molecule has 2 rings (SSSR count). The van der Waals surface area contributed by atoms with Crippen molar-refractivity contribution < 1.29 is 0 Å². The van der Waals surface area contributed by atoms with Gasteiger partial charge in [-0.1, -0.05) is 24.3 Å². The van der Waals surface area contributed by atoms with Crippen molar-refractivity contribution in [1.82, 2.24) is 4.90 Å². The summed E-state index contributed by atoms with van der Waals surface area (Å²) >= 11 is 0. The van der Waals surface area contributed by atoms with Gasteiger partial charge in [-0.25, -0.2) is 0 Å². The first-order valence-corrected chi connectivity index (χ1v) is 6.27. The van der Waals surface area contributed by atoms with E-state index in [1.54, 1.807) is 0 Å². The number of benzene rings is 1. The predicted molar refractivity (Wildman–Crippen MR) is 68.4 cm³/mol. The third-order valence-corrected chi connectivity index (χ3v) is 3.61. The van der Waals surface area contributed by atoms with Crippen molar-refractivity contribution in [2.75, 3.05) is 20.1 Å². The number of nitrogens with two attached hydrogens (primary N) is 1. The molecular weight excluding hydrogens is 196 g/mol. The minimum Gasteiger partial charge on any atom is -0.326 e. The fourth-order valence-electron chi connectivity index (χ4n) is 2.55. The second kappa shape index (κ2) is 5.46. The standard InChI is InChI=1S/C14H22N2/c1-16-8-3-6-13(7-9-16)14-5-2-4-12(10-14)11-15/h2,4-5,10,13H,3,6-9,11,15H2,1H3. The van der Waals surface area contributed by atoms with E-state index in [1.165, 1.54) is 43.5 Å². The zero-order chi connectivity index (χ0) is 11.4. The molecule has 0 saturated carbocycles. The molecule has 1 aliphatic heterocycles. The maximum absolute atomic E-state index is 5.69. The number of rotatable bonds is 2. The lowest BCUT2D eigenvalue weighted by molar-refractivity contribution is 0.347. The molecule has 0 aromatic heterocycles. The van der Waals surface area contributed by atoms with E-state index >= 15 is 0 Å². The second-order valence-corrected chi connectivity index (χ2v) is 4.88. The highest BCUT2D eigenvalue weighted by molar-refractivity contribution is 5.26. The van der Waals surface area contributed by atoms with Gasteiger partial charge in [-0.05, 0) is 56.4 Å². The van der Waals surface area contributed by atoms with Gasteiger partial charge in [-0.2, -0.15) is 0 Å². The maximum atomic E-state index is 5.69. The van der Waals surface area contributed by atoms with E-state index in [2.05, 4.69) is 36.2 Å². The van der Waals surface area contributed by atoms with E-state index in [0.29, 0.717) is 6.54 Å². The molecule has 1 aromatic carbocycles. The van der Waals surface area contributed by atoms with Crippen molar-refractivity contribution in [3.63, 3.8) is 0 Å². The van der Waals surface area contributed by atoms with E-state index in [0.717, 1.165) is 5.92 Å². The van der Waals surface area contributed by atoms with Crippen LogP contribution in [0.2, 0.25) is 0 Å². The summed E-state index contributed by atoms with van der Waals surface area (Å²) in [4.78, 5) is 2.44. The molecule has 0 aliphatic carbocycles. The lowest BCUT2D eigenvalue weighted by atomic mass is 9.91. The zero-order valence-corrected chi connectivity index (χ0v) is 10.2. The van der Waals surface area contributed by atoms with Gasteiger partial charge in [0.2, 0.25) is 0 Å². The Morgan fingerprint density at radius 3 is 3.00 bits per heavy atom. The van der Waals surface area contributed by atoms with Crippen LogP contribution in [-0.2, 0) is 6.54 Å². The molecule has 2 heteroatoms. The Morgan fingerprint density at radius 1 is 1.31 bits per heavy atom. The van der Waals surface area contributed by atoms with Crippen LogP contribution in [0.15, 0.2) is 24.3 Å². The van der Waals surface area contributed by atoms with Crippen LogP contribution >= 0.6 is 0 Å². The number of nitrogens with zero attached hydrogens (tertiary/aromatic N) is 1. The third kappa shape index (κ3) is 2.83. The average molecular weight is 218 g/mol. The second-order valence-electron chi connectivity index (χ2n) is 4.88. The van der Waals surface area contributed by atoms with Gasteiger partial charge in [0.1, 0.15) is 0 Å². The smallest absolute Gasteiger partial charge is 0.0178 e. The molecule has 0 amide bonds. The summed E-state index contributed by atoms with van der Waals surface area (Å²) in [6.45, 7) is 3.12. The fourth-order valence-corrected chi connectivity index (χ4v) is 2.55. The van der Waals surface area contributed by atoms with Crippen LogP contribution in [0.5, 0.6) is 0 Å². The topological polar surface area (TPSA) is 29.3 Å². The Labute approximate surface area is 98.4 Å². The predicted octanol–water partition coefficient (Wildman–Crippen LogP) is 2.34. The van der Waals surface area contributed by atoms with Crippen molar-refractivity contribution >= 4 is 0 Å². The molecule has 0 radical (unpaired) electrons. The zero-order valence-electron chi connectivity index (χ0n) is 10.2. The third-order valence-electron chi connectivity index (χ3n) is 3.61. The molecular formula is C14H22N2. The number of likely N-dealkylation sites (tertiary alicyclic amines) is 1. The summed E-state index contributed by atoms with van der Waals surface area (Å²) in [6.07, 6.45) is 3.91. The van der Waals surface area contributed by atoms with Gasteiger partial charge in [0.15, 0.2) is 0 Å². The normalized spacial score (nSPS) is 23.0. The highest BCUT2D eigenvalue weighted by Gasteiger charge is 2.16. The van der Waals surface area contributed by atoms with Gasteiger partial charge in [-0.15, -0.1) is 0 Å². The molecule has 1 fully saturated rings. The Kier molecular flexibility index (Phi) is 3.97. The van der Waals surface area contributed by atoms with Crippen LogP contribution in [0.3, 0.4) is 0 Å². The van der Waals surface area contributed by atoms with Crippen LogP contribution < -0.4 is 5.73 Å². The van der Waals surface area contributed by atoms with Crippen molar-refractivity contribution in [3.05, 3.63) is 35.4 Å². The van der Waals surface area contributed by atoms with Crippen LogP contribution in [0, 0.1) is 0 Å². The van der Waals surface area contributed by atoms with Crippen LogP contribution in [-0.4, -0.2) is 25.0 Å². The van der Waals surface area contributed by atoms with Gasteiger partial charge in [0.05, 0.1) is 0 Å². The lowest BCUT2D eigenvalue weighted by Crippen LogP contribution is -2.18. The first-order chi connectivity index (χ1) is 7.79. The summed E-state index contributed by atoms with van der Waals surface area (Å²) in [5.41, 5.74) is 8.44. The van der Waals surface area contributed by atoms with Crippen LogP contribution in [0.25, 0.3) is 0 Å². The molecule has 0 spiro atoms. The number of hydrogen-bond acceptors (Lipinski definition) is 2. The Hall–Kier alpha value is -0.860. The van der Waals surface area contributed by atoms with Crippen LogP contribution in [0.1, 0.15) is 36.3 Å². The molecule has 16 heavy (non-hydrogen) atoms. The number of hydrogen-bond donors (Lipinski definition) is 1. The molecule has 2 nitrogen and oxygen atoms in total. The lowest BCUT2D eigenvalue weighted by Gasteiger charge is -2.16. The van der Waals surface area contributed by atoms with E-state index in [-0.39, 0.29) is 0 Å². The van der Waals surface area contributed by atoms with E-state index < -0.39 is 0 Å². The summed E-state index contributed by atoms with van der Waals surface area (Å²) in [6, 6.07) is 8.81. The first kappa shape index (κ1) is 11.6. The Morgan fingerprint density at radius 2 is 2.19 bits per heavy atom. The van der Waals surface area contributed by atoms with Gasteiger partial charge in [0.25, 0.3) is 0 Å². The van der Waals surface area contributed by atoms with Crippen molar-refractivity contribution in [3.8, 4) is 0 Å². The Bertz CT molecular complexity index is 335. The molecule has 1 aromatic rings. The largest absolute Gasteiger partial charge is 0.326 e. The monoisotopic (exact) mass is 218 g/mol. The molecule has 1 saturated heterocycles. The molecule has 1 atom stereocenters. The van der Waals surface area contributed by atoms with E-state index in [9.17, 15) is 0 Å².